The fraction of sp³-hybridized carbons (Fsp3) is 0.389. The number of rotatable bonds is 5. The largest absolute Gasteiger partial charge is 0.469 e. The quantitative estimate of drug-likeness (QED) is 0.257. The van der Waals surface area contributed by atoms with Crippen molar-refractivity contribution >= 4 is 46.3 Å². The predicted octanol–water partition coefficient (Wildman–Crippen LogP) is 5.70. The molecule has 4 nitrogen and oxygen atoms in total. The highest BCUT2D eigenvalue weighted by molar-refractivity contribution is 6.42. The summed E-state index contributed by atoms with van der Waals surface area (Å²) in [6.45, 7) is 1.27. The van der Waals surface area contributed by atoms with Crippen molar-refractivity contribution in [3.8, 4) is 5.75 Å². The number of carbonyl (C=O) groups excluding carboxylic acids is 1. The van der Waals surface area contributed by atoms with E-state index in [0.29, 0.717) is 0 Å². The lowest BCUT2D eigenvalue weighted by Gasteiger charge is -2.32. The van der Waals surface area contributed by atoms with Crippen LogP contribution in [0.2, 0.25) is 5.02 Å². The SMILES string of the molecule is CC(=O)NOc1cc(C2=C(Cl)[N+](C)(CC3CC3)C(C(F)(F)F)=C2Cl)c(F)cc1Cl. The summed E-state index contributed by atoms with van der Waals surface area (Å²) >= 11 is 18.4. The average molecular weight is 475 g/mol. The van der Waals surface area contributed by atoms with Crippen LogP contribution in [-0.2, 0) is 4.79 Å². The van der Waals surface area contributed by atoms with E-state index in [0.717, 1.165) is 25.0 Å². The van der Waals surface area contributed by atoms with E-state index in [1.165, 1.54) is 14.0 Å². The number of hydrogen-bond acceptors (Lipinski definition) is 2. The van der Waals surface area contributed by atoms with Crippen LogP contribution in [0.1, 0.15) is 25.3 Å². The number of amides is 1. The van der Waals surface area contributed by atoms with Crippen molar-refractivity contribution in [3.63, 3.8) is 0 Å². The van der Waals surface area contributed by atoms with Gasteiger partial charge in [0, 0.05) is 18.4 Å². The summed E-state index contributed by atoms with van der Waals surface area (Å²) in [5.74, 6) is -1.59. The average Bonchev–Trinajstić information content (AvgIpc) is 3.34. The second kappa shape index (κ2) is 7.65. The van der Waals surface area contributed by atoms with Crippen molar-refractivity contribution in [3.05, 3.63) is 44.4 Å². The number of benzene rings is 1. The van der Waals surface area contributed by atoms with Crippen molar-refractivity contribution in [1.29, 1.82) is 0 Å². The molecule has 1 saturated carbocycles. The molecule has 158 valence electrons. The van der Waals surface area contributed by atoms with E-state index in [1.807, 2.05) is 5.48 Å². The minimum Gasteiger partial charge on any atom is -0.378 e. The predicted molar refractivity (Wildman–Crippen MR) is 101 cm³/mol. The molecule has 1 aliphatic heterocycles. The van der Waals surface area contributed by atoms with E-state index in [4.69, 9.17) is 39.6 Å². The van der Waals surface area contributed by atoms with Crippen LogP contribution in [0.25, 0.3) is 5.57 Å². The van der Waals surface area contributed by atoms with Crippen molar-refractivity contribution in [2.45, 2.75) is 25.9 Å². The van der Waals surface area contributed by atoms with Gasteiger partial charge in [0.1, 0.15) is 10.8 Å². The summed E-state index contributed by atoms with van der Waals surface area (Å²) in [5, 5.41) is -1.13. The van der Waals surface area contributed by atoms with Crippen LogP contribution in [0.5, 0.6) is 5.75 Å². The molecular weight excluding hydrogens is 459 g/mol. The highest BCUT2D eigenvalue weighted by Crippen LogP contribution is 2.54. The first-order chi connectivity index (χ1) is 13.4. The van der Waals surface area contributed by atoms with Crippen molar-refractivity contribution in [2.75, 3.05) is 13.6 Å². The molecule has 1 amide bonds. The van der Waals surface area contributed by atoms with Gasteiger partial charge in [-0.3, -0.25) is 4.79 Å². The third kappa shape index (κ3) is 4.21. The molecule has 0 spiro atoms. The number of hydroxylamine groups is 1. The van der Waals surface area contributed by atoms with Gasteiger partial charge in [-0.05, 0) is 36.6 Å². The number of nitrogens with zero attached hydrogens (tertiary/aromatic N) is 1. The molecule has 1 N–H and O–H groups in total. The summed E-state index contributed by atoms with van der Waals surface area (Å²) in [7, 11) is 1.31. The molecule has 1 fully saturated rings. The third-order valence-electron chi connectivity index (χ3n) is 4.74. The van der Waals surface area contributed by atoms with Crippen molar-refractivity contribution in [1.82, 2.24) is 5.48 Å². The van der Waals surface area contributed by atoms with Crippen LogP contribution >= 0.6 is 34.8 Å². The molecule has 1 heterocycles. The summed E-state index contributed by atoms with van der Waals surface area (Å²) in [6, 6.07) is 1.90. The van der Waals surface area contributed by atoms with E-state index in [-0.39, 0.29) is 39.5 Å². The van der Waals surface area contributed by atoms with Crippen LogP contribution < -0.4 is 10.3 Å². The van der Waals surface area contributed by atoms with E-state index >= 15 is 0 Å². The minimum absolute atomic E-state index is 0.0728. The smallest absolute Gasteiger partial charge is 0.378 e. The normalized spacial score (nSPS) is 22.4. The maximum absolute atomic E-state index is 14.7. The Hall–Kier alpha value is -1.48. The van der Waals surface area contributed by atoms with E-state index in [1.54, 1.807) is 0 Å². The molecule has 3 rings (SSSR count). The molecule has 1 aliphatic carbocycles. The highest BCUT2D eigenvalue weighted by Gasteiger charge is 2.58. The number of carbonyl (C=O) groups is 1. The van der Waals surface area contributed by atoms with Crippen LogP contribution in [-0.4, -0.2) is 30.2 Å². The molecule has 1 unspecified atom stereocenters. The van der Waals surface area contributed by atoms with Crippen LogP contribution in [0.3, 0.4) is 0 Å². The first-order valence-electron chi connectivity index (χ1n) is 8.53. The van der Waals surface area contributed by atoms with E-state index < -0.39 is 33.1 Å². The minimum atomic E-state index is -4.78. The molecule has 2 aliphatic rings. The molecule has 29 heavy (non-hydrogen) atoms. The van der Waals surface area contributed by atoms with E-state index in [2.05, 4.69) is 0 Å². The summed E-state index contributed by atoms with van der Waals surface area (Å²) in [6.07, 6.45) is -3.19. The second-order valence-electron chi connectivity index (χ2n) is 7.17. The first kappa shape index (κ1) is 22.2. The van der Waals surface area contributed by atoms with Gasteiger partial charge in [0.15, 0.2) is 5.75 Å². The lowest BCUT2D eigenvalue weighted by molar-refractivity contribution is -0.836. The summed E-state index contributed by atoms with van der Waals surface area (Å²) in [4.78, 5) is 16.0. The van der Waals surface area contributed by atoms with Gasteiger partial charge < -0.3 is 4.84 Å². The molecule has 1 atom stereocenters. The number of nitrogens with one attached hydrogen (secondary N) is 1. The van der Waals surface area contributed by atoms with Crippen molar-refractivity contribution < 1.29 is 31.7 Å². The number of alkyl halides is 3. The fourth-order valence-corrected chi connectivity index (χ4v) is 4.39. The maximum atomic E-state index is 14.7. The Bertz CT molecular complexity index is 942. The number of halogens is 7. The molecule has 0 bridgehead atoms. The number of quaternary nitrogens is 1. The van der Waals surface area contributed by atoms with Gasteiger partial charge >= 0.3 is 6.18 Å². The Morgan fingerprint density at radius 1 is 1.28 bits per heavy atom. The molecule has 11 heteroatoms. The fourth-order valence-electron chi connectivity index (χ4n) is 3.32. The Labute approximate surface area is 179 Å². The van der Waals surface area contributed by atoms with Crippen LogP contribution in [0.15, 0.2) is 28.0 Å². The lowest BCUT2D eigenvalue weighted by atomic mass is 10.1. The van der Waals surface area contributed by atoms with Gasteiger partial charge in [-0.15, -0.1) is 0 Å². The zero-order chi connectivity index (χ0) is 21.7. The van der Waals surface area contributed by atoms with Gasteiger partial charge in [-0.25, -0.2) is 8.87 Å². The van der Waals surface area contributed by atoms with Gasteiger partial charge in [-0.2, -0.15) is 18.7 Å². The molecule has 0 radical (unpaired) electrons. The molecule has 0 aromatic heterocycles. The molecule has 0 saturated heterocycles. The Balaban J connectivity index is 2.16. The van der Waals surface area contributed by atoms with Gasteiger partial charge in [0.25, 0.3) is 0 Å². The zero-order valence-corrected chi connectivity index (χ0v) is 17.5. The molecule has 1 aromatic rings. The van der Waals surface area contributed by atoms with Gasteiger partial charge in [0.2, 0.25) is 16.8 Å². The third-order valence-corrected chi connectivity index (χ3v) is 5.97. The molecular formula is C18H16Cl3F4N2O2+. The number of hydrogen-bond donors (Lipinski definition) is 1. The summed E-state index contributed by atoms with van der Waals surface area (Å²) in [5.41, 5.74) is 0.369. The lowest BCUT2D eigenvalue weighted by Crippen LogP contribution is -2.45. The Morgan fingerprint density at radius 3 is 2.41 bits per heavy atom. The van der Waals surface area contributed by atoms with Crippen molar-refractivity contribution in [2.24, 2.45) is 5.92 Å². The maximum Gasteiger partial charge on any atom is 0.469 e. The van der Waals surface area contributed by atoms with Crippen LogP contribution in [0, 0.1) is 11.7 Å². The van der Waals surface area contributed by atoms with Gasteiger partial charge in [-0.1, -0.05) is 23.2 Å². The van der Waals surface area contributed by atoms with Crippen LogP contribution in [0.4, 0.5) is 17.6 Å². The Kier molecular flexibility index (Phi) is 5.86. The number of allylic oxidation sites excluding steroid dienone is 3. The van der Waals surface area contributed by atoms with Gasteiger partial charge in [0.05, 0.1) is 24.2 Å². The topological polar surface area (TPSA) is 38.3 Å². The highest BCUT2D eigenvalue weighted by atomic mass is 35.5. The summed E-state index contributed by atoms with van der Waals surface area (Å²) < 4.78 is 55.5. The Morgan fingerprint density at radius 2 is 1.90 bits per heavy atom. The van der Waals surface area contributed by atoms with E-state index in [9.17, 15) is 22.4 Å². The monoisotopic (exact) mass is 473 g/mol. The second-order valence-corrected chi connectivity index (χ2v) is 8.31. The standard InChI is InChI=1S/C18H15Cl3F4N2O2/c1-8(28)26-29-13-5-10(12(22)6-11(13)19)14-15(20)16(18(23,24)25)27(2,17(14)21)7-9-3-4-9/h5-6,9H,3-4,7H2,1-2H3/p+1. The molecule has 1 aromatic carbocycles. The first-order valence-corrected chi connectivity index (χ1v) is 9.66. The zero-order valence-electron chi connectivity index (χ0n) is 15.3.